The average Bonchev–Trinajstić information content (AvgIpc) is 3.01. The van der Waals surface area contributed by atoms with Gasteiger partial charge in [0.2, 0.25) is 0 Å². The van der Waals surface area contributed by atoms with Crippen LogP contribution in [0.15, 0.2) is 24.3 Å². The molecule has 1 fully saturated rings. The predicted octanol–water partition coefficient (Wildman–Crippen LogP) is 2.07. The average molecular weight is 293 g/mol. The number of carbonyl (C=O) groups excluding carboxylic acids is 1. The number of rotatable bonds is 7. The van der Waals surface area contributed by atoms with E-state index < -0.39 is 6.04 Å². The van der Waals surface area contributed by atoms with Crippen molar-refractivity contribution in [2.75, 3.05) is 26.9 Å². The van der Waals surface area contributed by atoms with Gasteiger partial charge in [0.25, 0.3) is 0 Å². The van der Waals surface area contributed by atoms with Crippen molar-refractivity contribution in [3.63, 3.8) is 0 Å². The molecule has 1 aromatic carbocycles. The van der Waals surface area contributed by atoms with Gasteiger partial charge in [0.1, 0.15) is 11.8 Å². The summed E-state index contributed by atoms with van der Waals surface area (Å²) in [6.07, 6.45) is 2.28. The SMILES string of the molecule is CCOC(=O)C(NCC1CCCO1)c1cccc(OC)c1. The fraction of sp³-hybridized carbons (Fsp3) is 0.562. The van der Waals surface area contributed by atoms with Crippen LogP contribution in [0.25, 0.3) is 0 Å². The number of hydrogen-bond acceptors (Lipinski definition) is 5. The zero-order valence-corrected chi connectivity index (χ0v) is 12.6. The lowest BCUT2D eigenvalue weighted by Crippen LogP contribution is -2.35. The summed E-state index contributed by atoms with van der Waals surface area (Å²) < 4.78 is 16.0. The zero-order valence-electron chi connectivity index (χ0n) is 12.6. The lowest BCUT2D eigenvalue weighted by Gasteiger charge is -2.20. The van der Waals surface area contributed by atoms with Crippen molar-refractivity contribution < 1.29 is 19.0 Å². The summed E-state index contributed by atoms with van der Waals surface area (Å²) >= 11 is 0. The third kappa shape index (κ3) is 4.44. The van der Waals surface area contributed by atoms with E-state index in [1.165, 1.54) is 0 Å². The molecule has 0 radical (unpaired) electrons. The van der Waals surface area contributed by atoms with Gasteiger partial charge >= 0.3 is 5.97 Å². The lowest BCUT2D eigenvalue weighted by atomic mass is 10.1. The molecule has 0 aliphatic carbocycles. The Hall–Kier alpha value is -1.59. The van der Waals surface area contributed by atoms with E-state index in [1.54, 1.807) is 14.0 Å². The van der Waals surface area contributed by atoms with E-state index in [2.05, 4.69) is 5.32 Å². The fourth-order valence-electron chi connectivity index (χ4n) is 2.44. The molecular formula is C16H23NO4. The van der Waals surface area contributed by atoms with Crippen LogP contribution in [-0.2, 0) is 14.3 Å². The molecule has 2 atom stereocenters. The minimum Gasteiger partial charge on any atom is -0.497 e. The summed E-state index contributed by atoms with van der Waals surface area (Å²) in [5.74, 6) is 0.449. The van der Waals surface area contributed by atoms with Crippen LogP contribution in [0, 0.1) is 0 Å². The Bertz CT molecular complexity index is 457. The molecule has 1 saturated heterocycles. The van der Waals surface area contributed by atoms with Crippen LogP contribution in [0.1, 0.15) is 31.4 Å². The molecule has 2 rings (SSSR count). The Labute approximate surface area is 125 Å². The molecule has 0 aromatic heterocycles. The predicted molar refractivity (Wildman–Crippen MR) is 79.3 cm³/mol. The van der Waals surface area contributed by atoms with Crippen molar-refractivity contribution in [2.24, 2.45) is 0 Å². The van der Waals surface area contributed by atoms with Gasteiger partial charge in [-0.25, -0.2) is 4.79 Å². The molecule has 5 heteroatoms. The second kappa shape index (κ2) is 8.00. The molecule has 1 aliphatic rings. The minimum absolute atomic E-state index is 0.174. The van der Waals surface area contributed by atoms with E-state index in [0.717, 1.165) is 30.8 Å². The molecule has 2 unspecified atom stereocenters. The van der Waals surface area contributed by atoms with Crippen molar-refractivity contribution >= 4 is 5.97 Å². The second-order valence-electron chi connectivity index (χ2n) is 5.00. The Morgan fingerprint density at radius 1 is 1.52 bits per heavy atom. The number of hydrogen-bond donors (Lipinski definition) is 1. The number of esters is 1. The highest BCUT2D eigenvalue weighted by Gasteiger charge is 2.24. The van der Waals surface area contributed by atoms with Crippen molar-refractivity contribution in [3.05, 3.63) is 29.8 Å². The Morgan fingerprint density at radius 2 is 2.38 bits per heavy atom. The first-order valence-electron chi connectivity index (χ1n) is 7.40. The zero-order chi connectivity index (χ0) is 15.1. The molecule has 1 aliphatic heterocycles. The van der Waals surface area contributed by atoms with Gasteiger partial charge in [-0.3, -0.25) is 5.32 Å². The number of benzene rings is 1. The summed E-state index contributed by atoms with van der Waals surface area (Å²) in [6, 6.07) is 6.97. The molecule has 0 amide bonds. The van der Waals surface area contributed by atoms with Crippen molar-refractivity contribution in [2.45, 2.75) is 31.9 Å². The standard InChI is InChI=1S/C16H23NO4/c1-3-20-16(18)15(17-11-14-8-5-9-21-14)12-6-4-7-13(10-12)19-2/h4,6-7,10,14-15,17H,3,5,8-9,11H2,1-2H3. The van der Waals surface area contributed by atoms with E-state index in [1.807, 2.05) is 24.3 Å². The monoisotopic (exact) mass is 293 g/mol. The summed E-state index contributed by atoms with van der Waals surface area (Å²) in [6.45, 7) is 3.61. The van der Waals surface area contributed by atoms with Gasteiger partial charge in [-0.2, -0.15) is 0 Å². The van der Waals surface area contributed by atoms with Crippen LogP contribution >= 0.6 is 0 Å². The van der Waals surface area contributed by atoms with E-state index in [-0.39, 0.29) is 12.1 Å². The first kappa shape index (κ1) is 15.8. The van der Waals surface area contributed by atoms with Crippen LogP contribution in [0.2, 0.25) is 0 Å². The number of methoxy groups -OCH3 is 1. The summed E-state index contributed by atoms with van der Waals surface area (Å²) in [4.78, 5) is 12.2. The van der Waals surface area contributed by atoms with Crippen molar-refractivity contribution in [1.29, 1.82) is 0 Å². The van der Waals surface area contributed by atoms with E-state index in [0.29, 0.717) is 13.2 Å². The Morgan fingerprint density at radius 3 is 3.05 bits per heavy atom. The summed E-state index contributed by atoms with van der Waals surface area (Å²) in [7, 11) is 1.61. The van der Waals surface area contributed by atoms with Gasteiger partial charge in [0.15, 0.2) is 0 Å². The van der Waals surface area contributed by atoms with Crippen LogP contribution in [-0.4, -0.2) is 38.9 Å². The van der Waals surface area contributed by atoms with Crippen LogP contribution < -0.4 is 10.1 Å². The molecular weight excluding hydrogens is 270 g/mol. The maximum atomic E-state index is 12.2. The third-order valence-electron chi connectivity index (χ3n) is 3.52. The lowest BCUT2D eigenvalue weighted by molar-refractivity contribution is -0.146. The van der Waals surface area contributed by atoms with E-state index >= 15 is 0 Å². The van der Waals surface area contributed by atoms with Gasteiger partial charge in [-0.1, -0.05) is 12.1 Å². The van der Waals surface area contributed by atoms with E-state index in [4.69, 9.17) is 14.2 Å². The molecule has 1 heterocycles. The normalized spacial score (nSPS) is 19.2. The molecule has 21 heavy (non-hydrogen) atoms. The Kier molecular flexibility index (Phi) is 6.02. The first-order chi connectivity index (χ1) is 10.2. The third-order valence-corrected chi connectivity index (χ3v) is 3.52. The van der Waals surface area contributed by atoms with Gasteiger partial charge < -0.3 is 14.2 Å². The van der Waals surface area contributed by atoms with Crippen molar-refractivity contribution in [1.82, 2.24) is 5.32 Å². The Balaban J connectivity index is 2.07. The maximum Gasteiger partial charge on any atom is 0.327 e. The van der Waals surface area contributed by atoms with Gasteiger partial charge in [0.05, 0.1) is 19.8 Å². The van der Waals surface area contributed by atoms with E-state index in [9.17, 15) is 4.79 Å². The second-order valence-corrected chi connectivity index (χ2v) is 5.00. The van der Waals surface area contributed by atoms with Crippen LogP contribution in [0.3, 0.4) is 0 Å². The number of ether oxygens (including phenoxy) is 3. The topological polar surface area (TPSA) is 56.8 Å². The van der Waals surface area contributed by atoms with Crippen molar-refractivity contribution in [3.8, 4) is 5.75 Å². The molecule has 5 nitrogen and oxygen atoms in total. The minimum atomic E-state index is -0.496. The highest BCUT2D eigenvalue weighted by atomic mass is 16.5. The number of nitrogens with one attached hydrogen (secondary N) is 1. The van der Waals surface area contributed by atoms with Crippen LogP contribution in [0.5, 0.6) is 5.75 Å². The molecule has 0 saturated carbocycles. The number of carbonyl (C=O) groups is 1. The maximum absolute atomic E-state index is 12.2. The van der Waals surface area contributed by atoms with Gasteiger partial charge in [-0.15, -0.1) is 0 Å². The molecule has 116 valence electrons. The summed E-state index contributed by atoms with van der Waals surface area (Å²) in [5.41, 5.74) is 0.839. The smallest absolute Gasteiger partial charge is 0.327 e. The molecule has 1 aromatic rings. The highest BCUT2D eigenvalue weighted by molar-refractivity contribution is 5.77. The largest absolute Gasteiger partial charge is 0.497 e. The quantitative estimate of drug-likeness (QED) is 0.780. The van der Waals surface area contributed by atoms with Gasteiger partial charge in [-0.05, 0) is 37.5 Å². The molecule has 0 bridgehead atoms. The molecule has 1 N–H and O–H groups in total. The van der Waals surface area contributed by atoms with Crippen LogP contribution in [0.4, 0.5) is 0 Å². The highest BCUT2D eigenvalue weighted by Crippen LogP contribution is 2.21. The summed E-state index contributed by atoms with van der Waals surface area (Å²) in [5, 5.41) is 3.26. The first-order valence-corrected chi connectivity index (χ1v) is 7.40. The fourth-order valence-corrected chi connectivity index (χ4v) is 2.44. The molecule has 0 spiro atoms. The van der Waals surface area contributed by atoms with Gasteiger partial charge in [0, 0.05) is 13.2 Å².